The van der Waals surface area contributed by atoms with Gasteiger partial charge in [-0.15, -0.1) is 0 Å². The van der Waals surface area contributed by atoms with Crippen molar-refractivity contribution in [2.75, 3.05) is 6.54 Å². The van der Waals surface area contributed by atoms with Crippen LogP contribution in [0.15, 0.2) is 42.7 Å². The molecule has 0 radical (unpaired) electrons. The molecule has 5 nitrogen and oxygen atoms in total. The van der Waals surface area contributed by atoms with Crippen LogP contribution in [0, 0.1) is 0 Å². The van der Waals surface area contributed by atoms with Gasteiger partial charge in [-0.1, -0.05) is 30.4 Å². The Balaban J connectivity index is 2.23. The number of nitrogens with zero attached hydrogens (tertiary/aromatic N) is 3. The summed E-state index contributed by atoms with van der Waals surface area (Å²) in [7, 11) is 0. The molecule has 0 unspecified atom stereocenters. The Morgan fingerprint density at radius 1 is 1.38 bits per heavy atom. The zero-order chi connectivity index (χ0) is 15.4. The maximum atomic E-state index is 12.5. The van der Waals surface area contributed by atoms with Crippen molar-refractivity contribution < 1.29 is 4.79 Å². The van der Waals surface area contributed by atoms with Gasteiger partial charge in [0.05, 0.1) is 29.0 Å². The van der Waals surface area contributed by atoms with E-state index in [-0.39, 0.29) is 18.5 Å². The number of para-hydroxylation sites is 1. The van der Waals surface area contributed by atoms with E-state index in [2.05, 4.69) is 5.10 Å². The van der Waals surface area contributed by atoms with Crippen molar-refractivity contribution in [1.82, 2.24) is 14.7 Å². The largest absolute Gasteiger partial charge is 0.392 e. The van der Waals surface area contributed by atoms with E-state index in [4.69, 9.17) is 18.0 Å². The molecular formula is C15H18N4OS. The Bertz CT molecular complexity index is 636. The van der Waals surface area contributed by atoms with Crippen molar-refractivity contribution in [1.29, 1.82) is 0 Å². The summed E-state index contributed by atoms with van der Waals surface area (Å²) in [6, 6.07) is 9.64. The quantitative estimate of drug-likeness (QED) is 0.858. The maximum Gasteiger partial charge on any atom is 0.257 e. The second-order valence-electron chi connectivity index (χ2n) is 5.00. The predicted molar refractivity (Wildman–Crippen MR) is 86.5 cm³/mol. The molecule has 21 heavy (non-hydrogen) atoms. The molecule has 2 rings (SSSR count). The predicted octanol–water partition coefficient (Wildman–Crippen LogP) is 2.01. The summed E-state index contributed by atoms with van der Waals surface area (Å²) in [4.78, 5) is 14.5. The second-order valence-corrected chi connectivity index (χ2v) is 5.53. The lowest BCUT2D eigenvalue weighted by Crippen LogP contribution is -2.42. The molecule has 0 bridgehead atoms. The Morgan fingerprint density at radius 2 is 2.05 bits per heavy atom. The van der Waals surface area contributed by atoms with E-state index in [1.807, 2.05) is 44.2 Å². The molecule has 6 heteroatoms. The van der Waals surface area contributed by atoms with Crippen molar-refractivity contribution in [3.63, 3.8) is 0 Å². The number of hydrogen-bond donors (Lipinski definition) is 1. The van der Waals surface area contributed by atoms with Gasteiger partial charge >= 0.3 is 0 Å². The number of aromatic nitrogens is 2. The Labute approximate surface area is 129 Å². The van der Waals surface area contributed by atoms with Gasteiger partial charge in [0, 0.05) is 12.2 Å². The van der Waals surface area contributed by atoms with Crippen molar-refractivity contribution in [2.24, 2.45) is 5.73 Å². The molecule has 0 atom stereocenters. The number of thiocarbonyl (C=S) groups is 1. The van der Waals surface area contributed by atoms with Gasteiger partial charge in [0.25, 0.3) is 5.91 Å². The van der Waals surface area contributed by atoms with Crippen LogP contribution in [0.4, 0.5) is 0 Å². The monoisotopic (exact) mass is 302 g/mol. The van der Waals surface area contributed by atoms with E-state index in [0.717, 1.165) is 5.69 Å². The van der Waals surface area contributed by atoms with E-state index in [1.54, 1.807) is 22.0 Å². The standard InChI is InChI=1S/C15H18N4OS/c1-11(2)18(10-14(16)21)15(20)12-8-17-19(9-12)13-6-4-3-5-7-13/h3-9,11H,10H2,1-2H3,(H2,16,21). The normalized spacial score (nSPS) is 10.6. The van der Waals surface area contributed by atoms with Crippen LogP contribution in [-0.4, -0.2) is 38.2 Å². The number of nitrogens with two attached hydrogens (primary N) is 1. The summed E-state index contributed by atoms with van der Waals surface area (Å²) >= 11 is 4.91. The fraction of sp³-hybridized carbons (Fsp3) is 0.267. The molecule has 0 saturated heterocycles. The molecule has 0 spiro atoms. The summed E-state index contributed by atoms with van der Waals surface area (Å²) in [5.41, 5.74) is 6.98. The first kappa shape index (κ1) is 15.2. The Kier molecular flexibility index (Phi) is 4.70. The highest BCUT2D eigenvalue weighted by Gasteiger charge is 2.20. The van der Waals surface area contributed by atoms with Crippen molar-refractivity contribution in [3.05, 3.63) is 48.3 Å². The molecule has 0 aliphatic carbocycles. The third-order valence-corrected chi connectivity index (χ3v) is 3.19. The van der Waals surface area contributed by atoms with Gasteiger partial charge in [-0.25, -0.2) is 4.68 Å². The van der Waals surface area contributed by atoms with Crippen LogP contribution in [0.1, 0.15) is 24.2 Å². The van der Waals surface area contributed by atoms with Crippen LogP contribution in [0.3, 0.4) is 0 Å². The lowest BCUT2D eigenvalue weighted by atomic mass is 10.2. The van der Waals surface area contributed by atoms with Gasteiger partial charge in [-0.3, -0.25) is 4.79 Å². The van der Waals surface area contributed by atoms with Gasteiger partial charge in [-0.05, 0) is 26.0 Å². The molecule has 1 aromatic carbocycles. The molecule has 1 amide bonds. The Hall–Kier alpha value is -2.21. The fourth-order valence-electron chi connectivity index (χ4n) is 1.98. The number of amides is 1. The smallest absolute Gasteiger partial charge is 0.257 e. The van der Waals surface area contributed by atoms with Crippen LogP contribution in [0.5, 0.6) is 0 Å². The zero-order valence-electron chi connectivity index (χ0n) is 12.1. The first-order valence-corrected chi connectivity index (χ1v) is 7.09. The zero-order valence-corrected chi connectivity index (χ0v) is 12.9. The number of carbonyl (C=O) groups is 1. The lowest BCUT2D eigenvalue weighted by molar-refractivity contribution is 0.0736. The molecule has 0 aliphatic rings. The van der Waals surface area contributed by atoms with Gasteiger partial charge in [0.2, 0.25) is 0 Å². The fourth-order valence-corrected chi connectivity index (χ4v) is 2.12. The Morgan fingerprint density at radius 3 is 2.62 bits per heavy atom. The first-order chi connectivity index (χ1) is 9.99. The maximum absolute atomic E-state index is 12.5. The molecule has 110 valence electrons. The van der Waals surface area contributed by atoms with Crippen molar-refractivity contribution in [3.8, 4) is 5.69 Å². The van der Waals surface area contributed by atoms with E-state index in [1.165, 1.54) is 0 Å². The topological polar surface area (TPSA) is 64.2 Å². The van der Waals surface area contributed by atoms with Crippen LogP contribution >= 0.6 is 12.2 Å². The van der Waals surface area contributed by atoms with Crippen LogP contribution in [-0.2, 0) is 0 Å². The lowest BCUT2D eigenvalue weighted by Gasteiger charge is -2.25. The number of carbonyl (C=O) groups excluding carboxylic acids is 1. The van der Waals surface area contributed by atoms with Crippen molar-refractivity contribution in [2.45, 2.75) is 19.9 Å². The number of hydrogen-bond acceptors (Lipinski definition) is 3. The van der Waals surface area contributed by atoms with Crippen LogP contribution in [0.25, 0.3) is 5.69 Å². The molecular weight excluding hydrogens is 284 g/mol. The summed E-state index contributed by atoms with van der Waals surface area (Å²) in [5, 5.41) is 4.23. The summed E-state index contributed by atoms with van der Waals surface area (Å²) in [6.07, 6.45) is 3.27. The van der Waals surface area contributed by atoms with Crippen LogP contribution in [0.2, 0.25) is 0 Å². The van der Waals surface area contributed by atoms with E-state index < -0.39 is 0 Å². The van der Waals surface area contributed by atoms with Gasteiger partial charge in [-0.2, -0.15) is 5.10 Å². The third-order valence-electron chi connectivity index (χ3n) is 3.06. The number of rotatable bonds is 5. The summed E-state index contributed by atoms with van der Waals surface area (Å²) in [6.45, 7) is 4.12. The minimum Gasteiger partial charge on any atom is -0.392 e. The van der Waals surface area contributed by atoms with Gasteiger partial charge < -0.3 is 10.6 Å². The van der Waals surface area contributed by atoms with E-state index in [0.29, 0.717) is 10.6 Å². The molecule has 0 fully saturated rings. The average molecular weight is 302 g/mol. The molecule has 0 aliphatic heterocycles. The minimum atomic E-state index is -0.125. The molecule has 0 saturated carbocycles. The van der Waals surface area contributed by atoms with E-state index in [9.17, 15) is 4.79 Å². The third kappa shape index (κ3) is 3.66. The summed E-state index contributed by atoms with van der Waals surface area (Å²) < 4.78 is 1.67. The SMILES string of the molecule is CC(C)N(CC(N)=S)C(=O)c1cnn(-c2ccccc2)c1. The molecule has 2 N–H and O–H groups in total. The van der Waals surface area contributed by atoms with E-state index >= 15 is 0 Å². The van der Waals surface area contributed by atoms with Gasteiger partial charge in [0.1, 0.15) is 0 Å². The summed E-state index contributed by atoms with van der Waals surface area (Å²) in [5.74, 6) is -0.125. The van der Waals surface area contributed by atoms with Crippen LogP contribution < -0.4 is 5.73 Å². The highest BCUT2D eigenvalue weighted by molar-refractivity contribution is 7.80. The molecule has 1 heterocycles. The van der Waals surface area contributed by atoms with Crippen molar-refractivity contribution >= 4 is 23.1 Å². The molecule has 1 aromatic heterocycles. The molecule has 2 aromatic rings. The highest BCUT2D eigenvalue weighted by atomic mass is 32.1. The van der Waals surface area contributed by atoms with Gasteiger partial charge in [0.15, 0.2) is 0 Å². The number of benzene rings is 1. The highest BCUT2D eigenvalue weighted by Crippen LogP contribution is 2.11. The second kappa shape index (κ2) is 6.49. The minimum absolute atomic E-state index is 0.0130. The first-order valence-electron chi connectivity index (χ1n) is 6.68. The average Bonchev–Trinajstić information content (AvgIpc) is 2.94.